The van der Waals surface area contributed by atoms with Crippen LogP contribution in [0.1, 0.15) is 20.7 Å². The van der Waals surface area contributed by atoms with Crippen LogP contribution in [0, 0.1) is 0 Å². The van der Waals surface area contributed by atoms with E-state index in [-0.39, 0.29) is 19.4 Å². The number of hydroxylamine groups is 2. The smallest absolute Gasteiger partial charge is 0.285 e. The molecule has 2 amide bonds. The van der Waals surface area contributed by atoms with Gasteiger partial charge in [-0.3, -0.25) is 14.4 Å². The van der Waals surface area contributed by atoms with Crippen molar-refractivity contribution in [3.05, 3.63) is 35.4 Å². The summed E-state index contributed by atoms with van der Waals surface area (Å²) in [5.74, 6) is -0.866. The summed E-state index contributed by atoms with van der Waals surface area (Å²) in [5.41, 5.74) is 0.737. The van der Waals surface area contributed by atoms with E-state index >= 15 is 0 Å². The van der Waals surface area contributed by atoms with Crippen LogP contribution in [0.5, 0.6) is 0 Å². The molecule has 0 bridgehead atoms. The first kappa shape index (κ1) is 16.3. The minimum absolute atomic E-state index is 0. The first-order valence-electron chi connectivity index (χ1n) is 5.93. The molecule has 2 rings (SSSR count). The highest BCUT2D eigenvalue weighted by atomic mass is 16.7. The lowest BCUT2D eigenvalue weighted by Gasteiger charge is -2.13. The van der Waals surface area contributed by atoms with Crippen LogP contribution in [0.15, 0.2) is 24.3 Å². The number of nitrogens with zero attached hydrogens (tertiary/aromatic N) is 1. The molecule has 1 aliphatic heterocycles. The predicted molar refractivity (Wildman–Crippen MR) is 70.6 cm³/mol. The molecule has 7 nitrogen and oxygen atoms in total. The lowest BCUT2D eigenvalue weighted by Crippen LogP contribution is -2.31. The summed E-state index contributed by atoms with van der Waals surface area (Å²) in [7, 11) is 1.58. The second-order valence-corrected chi connectivity index (χ2v) is 3.89. The molecule has 0 aliphatic carbocycles. The summed E-state index contributed by atoms with van der Waals surface area (Å²) in [6.45, 7) is 1.36. The maximum Gasteiger partial charge on any atom is 0.285 e. The van der Waals surface area contributed by atoms with Crippen LogP contribution >= 0.6 is 0 Å². The third-order valence-electron chi connectivity index (χ3n) is 2.64. The van der Waals surface area contributed by atoms with Crippen LogP contribution in [0.25, 0.3) is 0 Å². The van der Waals surface area contributed by atoms with Crippen molar-refractivity contribution in [2.45, 2.75) is 0 Å². The van der Waals surface area contributed by atoms with Gasteiger partial charge < -0.3 is 15.6 Å². The molecule has 0 saturated carbocycles. The topological polar surface area (TPSA) is 100 Å². The van der Waals surface area contributed by atoms with Crippen molar-refractivity contribution in [1.82, 2.24) is 11.2 Å². The second kappa shape index (κ2) is 7.71. The minimum atomic E-state index is -0.433. The highest BCUT2D eigenvalue weighted by Gasteiger charge is 2.36. The Kier molecular flexibility index (Phi) is 6.26. The Balaban J connectivity index is 0.00000200. The van der Waals surface area contributed by atoms with Gasteiger partial charge in [0.1, 0.15) is 0 Å². The summed E-state index contributed by atoms with van der Waals surface area (Å²) in [4.78, 5) is 28.9. The standard InChI is InChI=1S/C13H15NO5.H3N/c1-17-6-7-18-8-9-19-14-12(15)10-4-2-3-5-11(10)13(14)16;/h2-5H,6-9H2,1H3;1H3. The molecule has 0 fully saturated rings. The Hall–Kier alpha value is -1.80. The molecule has 0 aromatic heterocycles. The van der Waals surface area contributed by atoms with E-state index in [1.165, 1.54) is 0 Å². The molecule has 0 radical (unpaired) electrons. The van der Waals surface area contributed by atoms with E-state index in [4.69, 9.17) is 14.3 Å². The molecule has 1 heterocycles. The average molecular weight is 282 g/mol. The van der Waals surface area contributed by atoms with Gasteiger partial charge in [0.25, 0.3) is 11.8 Å². The van der Waals surface area contributed by atoms with E-state index in [0.717, 1.165) is 5.06 Å². The Bertz CT molecular complexity index is 443. The fraction of sp³-hybridized carbons (Fsp3) is 0.385. The van der Waals surface area contributed by atoms with Crippen molar-refractivity contribution < 1.29 is 23.9 Å². The number of methoxy groups -OCH3 is 1. The summed E-state index contributed by atoms with van der Waals surface area (Å²) < 4.78 is 10.00. The fourth-order valence-corrected chi connectivity index (χ4v) is 1.72. The van der Waals surface area contributed by atoms with Gasteiger partial charge in [-0.2, -0.15) is 0 Å². The molecule has 7 heteroatoms. The number of amides is 2. The van der Waals surface area contributed by atoms with E-state index in [2.05, 4.69) is 0 Å². The van der Waals surface area contributed by atoms with Crippen molar-refractivity contribution in [2.24, 2.45) is 0 Å². The Morgan fingerprint density at radius 3 is 2.05 bits per heavy atom. The normalized spacial score (nSPS) is 13.3. The number of carbonyl (C=O) groups is 2. The van der Waals surface area contributed by atoms with Crippen LogP contribution in [-0.4, -0.2) is 50.4 Å². The lowest BCUT2D eigenvalue weighted by atomic mass is 10.1. The number of carbonyl (C=O) groups excluding carboxylic acids is 2. The minimum Gasteiger partial charge on any atom is -0.382 e. The second-order valence-electron chi connectivity index (χ2n) is 3.89. The molecule has 1 aromatic rings. The van der Waals surface area contributed by atoms with Gasteiger partial charge in [-0.15, -0.1) is 5.06 Å². The van der Waals surface area contributed by atoms with E-state index in [1.54, 1.807) is 31.4 Å². The van der Waals surface area contributed by atoms with Gasteiger partial charge in [0.05, 0.1) is 37.6 Å². The van der Waals surface area contributed by atoms with Gasteiger partial charge >= 0.3 is 0 Å². The van der Waals surface area contributed by atoms with Gasteiger partial charge in [0.2, 0.25) is 0 Å². The zero-order valence-electron chi connectivity index (χ0n) is 11.3. The highest BCUT2D eigenvalue weighted by Crippen LogP contribution is 2.22. The largest absolute Gasteiger partial charge is 0.382 e. The van der Waals surface area contributed by atoms with Gasteiger partial charge in [-0.25, -0.2) is 0 Å². The van der Waals surface area contributed by atoms with Crippen molar-refractivity contribution in [3.63, 3.8) is 0 Å². The number of benzene rings is 1. The van der Waals surface area contributed by atoms with Gasteiger partial charge in [-0.05, 0) is 12.1 Å². The SMILES string of the molecule is COCCOCCON1C(=O)c2ccccc2C1=O.N. The molecular formula is C13H18N2O5. The molecular weight excluding hydrogens is 264 g/mol. The third-order valence-corrected chi connectivity index (χ3v) is 2.64. The van der Waals surface area contributed by atoms with Crippen molar-refractivity contribution in [3.8, 4) is 0 Å². The number of hydrogen-bond acceptors (Lipinski definition) is 6. The highest BCUT2D eigenvalue weighted by molar-refractivity contribution is 6.20. The summed E-state index contributed by atoms with van der Waals surface area (Å²) in [5, 5.41) is 0.782. The first-order chi connectivity index (χ1) is 9.25. The zero-order chi connectivity index (χ0) is 13.7. The summed E-state index contributed by atoms with van der Waals surface area (Å²) >= 11 is 0. The van der Waals surface area contributed by atoms with Crippen molar-refractivity contribution in [2.75, 3.05) is 33.5 Å². The fourth-order valence-electron chi connectivity index (χ4n) is 1.72. The van der Waals surface area contributed by atoms with Crippen molar-refractivity contribution in [1.29, 1.82) is 0 Å². The average Bonchev–Trinajstić information content (AvgIpc) is 2.68. The van der Waals surface area contributed by atoms with Crippen LogP contribution in [0.3, 0.4) is 0 Å². The molecule has 20 heavy (non-hydrogen) atoms. The van der Waals surface area contributed by atoms with Crippen LogP contribution in [0.2, 0.25) is 0 Å². The van der Waals surface area contributed by atoms with Gasteiger partial charge in [-0.1, -0.05) is 12.1 Å². The molecule has 1 aliphatic rings. The molecule has 0 saturated heterocycles. The van der Waals surface area contributed by atoms with Crippen LogP contribution in [0.4, 0.5) is 0 Å². The number of imide groups is 1. The number of rotatable bonds is 7. The summed E-state index contributed by atoms with van der Waals surface area (Å²) in [6, 6.07) is 6.63. The lowest BCUT2D eigenvalue weighted by molar-refractivity contribution is -0.107. The van der Waals surface area contributed by atoms with E-state index in [9.17, 15) is 9.59 Å². The maximum atomic E-state index is 11.9. The van der Waals surface area contributed by atoms with Crippen LogP contribution in [-0.2, 0) is 14.3 Å². The molecule has 3 N–H and O–H groups in total. The third kappa shape index (κ3) is 3.40. The Labute approximate surface area is 116 Å². The molecule has 0 atom stereocenters. The monoisotopic (exact) mass is 282 g/mol. The zero-order valence-corrected chi connectivity index (χ0v) is 11.3. The number of hydrogen-bond donors (Lipinski definition) is 1. The van der Waals surface area contributed by atoms with Crippen LogP contribution < -0.4 is 6.15 Å². The molecule has 0 unspecified atom stereocenters. The number of fused-ring (bicyclic) bond motifs is 1. The van der Waals surface area contributed by atoms with E-state index in [0.29, 0.717) is 24.3 Å². The van der Waals surface area contributed by atoms with E-state index in [1.807, 2.05) is 0 Å². The predicted octanol–water partition coefficient (Wildman–Crippen LogP) is 1.04. The molecule has 110 valence electrons. The molecule has 1 aromatic carbocycles. The van der Waals surface area contributed by atoms with Gasteiger partial charge in [0, 0.05) is 7.11 Å². The van der Waals surface area contributed by atoms with Crippen molar-refractivity contribution >= 4 is 11.8 Å². The quantitative estimate of drug-likeness (QED) is 0.592. The summed E-state index contributed by atoms with van der Waals surface area (Å²) in [6.07, 6.45) is 0. The first-order valence-corrected chi connectivity index (χ1v) is 5.93. The maximum absolute atomic E-state index is 11.9. The van der Waals surface area contributed by atoms with E-state index < -0.39 is 11.8 Å². The molecule has 0 spiro atoms. The Morgan fingerprint density at radius 2 is 1.50 bits per heavy atom. The van der Waals surface area contributed by atoms with Gasteiger partial charge in [0.15, 0.2) is 0 Å². The Morgan fingerprint density at radius 1 is 0.950 bits per heavy atom. The number of ether oxygens (including phenoxy) is 2.